The Hall–Kier alpha value is -1.20. The van der Waals surface area contributed by atoms with Crippen molar-refractivity contribution >= 4 is 22.5 Å². The monoisotopic (exact) mass is 159 g/mol. The van der Waals surface area contributed by atoms with Crippen molar-refractivity contribution in [1.82, 2.24) is 0 Å². The van der Waals surface area contributed by atoms with Gasteiger partial charge in [0.05, 0.1) is 0 Å². The van der Waals surface area contributed by atoms with Crippen LogP contribution in [0.25, 0.3) is 10.8 Å². The van der Waals surface area contributed by atoms with Crippen molar-refractivity contribution in [2.75, 3.05) is 0 Å². The van der Waals surface area contributed by atoms with Crippen LogP contribution in [0.5, 0.6) is 0 Å². The molecule has 3 aromatic carbocycles. The van der Waals surface area contributed by atoms with Gasteiger partial charge < -0.3 is 0 Å². The van der Waals surface area contributed by atoms with Gasteiger partial charge in [0.1, 0.15) is 5.40 Å². The molecule has 3 aromatic rings. The van der Waals surface area contributed by atoms with Crippen LogP contribution in [0.2, 0.25) is 0 Å². The molecule has 3 rings (SSSR count). The molecule has 0 aliphatic heterocycles. The SMILES string of the molecule is N#CSc1cc2ccc1cc2. The fraction of sp³-hybridized carbons (Fsp3) is 0. The molecule has 0 radical (unpaired) electrons. The summed E-state index contributed by atoms with van der Waals surface area (Å²) in [5, 5.41) is 12.8. The van der Waals surface area contributed by atoms with Gasteiger partial charge in [-0.3, -0.25) is 0 Å². The summed E-state index contributed by atoms with van der Waals surface area (Å²) >= 11 is 1.22. The van der Waals surface area contributed by atoms with Crippen LogP contribution < -0.4 is 0 Å². The normalized spacial score (nSPS) is 10.1. The minimum atomic E-state index is 1.06. The van der Waals surface area contributed by atoms with Crippen LogP contribution in [-0.4, -0.2) is 0 Å². The third-order valence-electron chi connectivity index (χ3n) is 1.65. The molecule has 2 heteroatoms. The van der Waals surface area contributed by atoms with Crippen molar-refractivity contribution in [2.24, 2.45) is 0 Å². The second-order valence-electron chi connectivity index (χ2n) is 2.32. The lowest BCUT2D eigenvalue weighted by molar-refractivity contribution is 1.53. The minimum Gasteiger partial charge on any atom is -0.185 e. The largest absolute Gasteiger partial charge is 0.185 e. The Kier molecular flexibility index (Phi) is 1.45. The van der Waals surface area contributed by atoms with Crippen LogP contribution in [0.1, 0.15) is 0 Å². The molecule has 11 heavy (non-hydrogen) atoms. The number of thiocyanates is 1. The van der Waals surface area contributed by atoms with E-state index in [2.05, 4.69) is 17.5 Å². The predicted molar refractivity (Wildman–Crippen MR) is 46.6 cm³/mol. The molecule has 2 bridgehead atoms. The van der Waals surface area contributed by atoms with Crippen molar-refractivity contribution in [2.45, 2.75) is 4.90 Å². The summed E-state index contributed by atoms with van der Waals surface area (Å²) in [7, 11) is 0. The molecular formula is C9H5NS. The standard InChI is InChI=1S/C9H5NS/c10-6-11-9-5-7-1-3-8(9)4-2-7/h1-5H. The number of fused-ring (bicyclic) bond motifs is 3. The Balaban J connectivity index is 2.61. The van der Waals surface area contributed by atoms with E-state index in [1.165, 1.54) is 17.1 Å². The predicted octanol–water partition coefficient (Wildman–Crippen LogP) is 2.85. The fourth-order valence-corrected chi connectivity index (χ4v) is 1.66. The van der Waals surface area contributed by atoms with Crippen molar-refractivity contribution in [3.05, 3.63) is 30.3 Å². The number of rotatable bonds is 1. The third-order valence-corrected chi connectivity index (χ3v) is 2.31. The van der Waals surface area contributed by atoms with E-state index in [-0.39, 0.29) is 0 Å². The van der Waals surface area contributed by atoms with E-state index in [9.17, 15) is 0 Å². The van der Waals surface area contributed by atoms with Crippen LogP contribution in [-0.2, 0) is 0 Å². The van der Waals surface area contributed by atoms with Gasteiger partial charge in [-0.05, 0) is 28.6 Å². The molecule has 0 fully saturated rings. The smallest absolute Gasteiger partial charge is 0.138 e. The maximum absolute atomic E-state index is 8.45. The Morgan fingerprint density at radius 1 is 1.18 bits per heavy atom. The van der Waals surface area contributed by atoms with E-state index in [4.69, 9.17) is 5.26 Å². The fourth-order valence-electron chi connectivity index (χ4n) is 1.12. The molecular weight excluding hydrogens is 154 g/mol. The lowest BCUT2D eigenvalue weighted by atomic mass is 10.1. The lowest BCUT2D eigenvalue weighted by Crippen LogP contribution is -1.76. The van der Waals surface area contributed by atoms with Gasteiger partial charge in [0.25, 0.3) is 0 Å². The Morgan fingerprint density at radius 3 is 2.36 bits per heavy atom. The van der Waals surface area contributed by atoms with Gasteiger partial charge in [-0.1, -0.05) is 24.3 Å². The first-order valence-corrected chi connectivity index (χ1v) is 4.10. The van der Waals surface area contributed by atoms with Crippen molar-refractivity contribution in [3.8, 4) is 5.40 Å². The average molecular weight is 159 g/mol. The average Bonchev–Trinajstić information content (AvgIpc) is 2.07. The van der Waals surface area contributed by atoms with Crippen LogP contribution >= 0.6 is 11.8 Å². The van der Waals surface area contributed by atoms with Gasteiger partial charge in [0, 0.05) is 4.90 Å². The quantitative estimate of drug-likeness (QED) is 0.472. The number of hydrogen-bond acceptors (Lipinski definition) is 2. The summed E-state index contributed by atoms with van der Waals surface area (Å²) in [5.74, 6) is 0. The van der Waals surface area contributed by atoms with E-state index in [1.807, 2.05) is 18.2 Å². The topological polar surface area (TPSA) is 23.8 Å². The molecule has 0 aliphatic carbocycles. The van der Waals surface area contributed by atoms with Gasteiger partial charge >= 0.3 is 0 Å². The molecule has 0 unspecified atom stereocenters. The van der Waals surface area contributed by atoms with Gasteiger partial charge in [0.15, 0.2) is 0 Å². The van der Waals surface area contributed by atoms with Crippen LogP contribution in [0.15, 0.2) is 35.2 Å². The Bertz CT molecular complexity index is 382. The van der Waals surface area contributed by atoms with Crippen LogP contribution in [0.4, 0.5) is 0 Å². The number of nitrogens with zero attached hydrogens (tertiary/aromatic N) is 1. The second-order valence-corrected chi connectivity index (χ2v) is 3.15. The van der Waals surface area contributed by atoms with Gasteiger partial charge in [-0.25, -0.2) is 0 Å². The number of benzene rings is 3. The van der Waals surface area contributed by atoms with Gasteiger partial charge in [0.2, 0.25) is 0 Å². The highest BCUT2D eigenvalue weighted by atomic mass is 32.2. The maximum Gasteiger partial charge on any atom is 0.138 e. The first-order valence-electron chi connectivity index (χ1n) is 3.28. The Labute approximate surface area is 69.0 Å². The summed E-state index contributed by atoms with van der Waals surface area (Å²) in [5.41, 5.74) is 0. The van der Waals surface area contributed by atoms with E-state index in [0.29, 0.717) is 0 Å². The zero-order valence-corrected chi connectivity index (χ0v) is 6.56. The molecule has 52 valence electrons. The number of nitriles is 1. The van der Waals surface area contributed by atoms with Crippen molar-refractivity contribution < 1.29 is 0 Å². The minimum absolute atomic E-state index is 1.06. The number of thioether (sulfide) groups is 1. The first kappa shape index (κ1) is 6.51. The molecule has 0 heterocycles. The zero-order valence-electron chi connectivity index (χ0n) is 5.74. The highest BCUT2D eigenvalue weighted by Gasteiger charge is 1.99. The van der Waals surface area contributed by atoms with E-state index >= 15 is 0 Å². The lowest BCUT2D eigenvalue weighted by Gasteiger charge is -2.01. The molecule has 0 saturated heterocycles. The molecule has 0 N–H and O–H groups in total. The van der Waals surface area contributed by atoms with Crippen LogP contribution in [0, 0.1) is 10.7 Å². The molecule has 0 saturated carbocycles. The third kappa shape index (κ3) is 1.04. The molecule has 0 amide bonds. The van der Waals surface area contributed by atoms with Crippen molar-refractivity contribution in [1.29, 1.82) is 5.26 Å². The Morgan fingerprint density at radius 2 is 1.91 bits per heavy atom. The molecule has 1 nitrogen and oxygen atoms in total. The summed E-state index contributed by atoms with van der Waals surface area (Å²) in [4.78, 5) is 1.06. The van der Waals surface area contributed by atoms with Crippen molar-refractivity contribution in [3.63, 3.8) is 0 Å². The van der Waals surface area contributed by atoms with Gasteiger partial charge in [-0.2, -0.15) is 5.26 Å². The molecule has 0 spiro atoms. The van der Waals surface area contributed by atoms with Crippen LogP contribution in [0.3, 0.4) is 0 Å². The first-order chi connectivity index (χ1) is 5.40. The summed E-state index contributed by atoms with van der Waals surface area (Å²) < 4.78 is 0. The zero-order chi connectivity index (χ0) is 7.68. The molecule has 0 aromatic heterocycles. The highest BCUT2D eigenvalue weighted by Crippen LogP contribution is 2.26. The molecule has 0 aliphatic rings. The van der Waals surface area contributed by atoms with Gasteiger partial charge in [-0.15, -0.1) is 0 Å². The van der Waals surface area contributed by atoms with E-state index in [1.54, 1.807) is 0 Å². The maximum atomic E-state index is 8.45. The summed E-state index contributed by atoms with van der Waals surface area (Å²) in [6, 6.07) is 10.2. The molecule has 0 atom stereocenters. The summed E-state index contributed by atoms with van der Waals surface area (Å²) in [6.07, 6.45) is 0. The van der Waals surface area contributed by atoms with E-state index < -0.39 is 0 Å². The van der Waals surface area contributed by atoms with E-state index in [0.717, 1.165) is 10.3 Å². The number of hydrogen-bond donors (Lipinski definition) is 0. The summed E-state index contributed by atoms with van der Waals surface area (Å²) in [6.45, 7) is 0. The highest BCUT2D eigenvalue weighted by molar-refractivity contribution is 8.04. The second kappa shape index (κ2) is 2.44.